The molecule has 2 rings (SSSR count). The monoisotopic (exact) mass is 389 g/mol. The first-order chi connectivity index (χ1) is 13.3. The molecule has 0 bridgehead atoms. The van der Waals surface area contributed by atoms with Crippen LogP contribution in [0.25, 0.3) is 0 Å². The topological polar surface area (TPSA) is 61.9 Å². The van der Waals surface area contributed by atoms with Gasteiger partial charge >= 0.3 is 6.03 Å². The molecule has 0 aliphatic carbocycles. The van der Waals surface area contributed by atoms with Gasteiger partial charge in [0.05, 0.1) is 5.69 Å². The van der Waals surface area contributed by atoms with Gasteiger partial charge in [-0.2, -0.15) is 0 Å². The molecule has 156 valence electrons. The van der Waals surface area contributed by atoms with Crippen LogP contribution < -0.4 is 10.1 Å². The van der Waals surface area contributed by atoms with Crippen LogP contribution >= 0.6 is 0 Å². The van der Waals surface area contributed by atoms with Gasteiger partial charge < -0.3 is 19.9 Å². The molecular weight excluding hydrogens is 354 g/mol. The van der Waals surface area contributed by atoms with Crippen molar-refractivity contribution in [1.82, 2.24) is 9.80 Å². The van der Waals surface area contributed by atoms with E-state index in [1.54, 1.807) is 14.1 Å². The van der Waals surface area contributed by atoms with Crippen molar-refractivity contribution in [2.45, 2.75) is 58.9 Å². The third-order valence-corrected chi connectivity index (χ3v) is 5.11. The van der Waals surface area contributed by atoms with Gasteiger partial charge in [-0.05, 0) is 49.8 Å². The highest BCUT2D eigenvalue weighted by Gasteiger charge is 2.26. The number of hydrogen-bond donors (Lipinski definition) is 1. The number of anilines is 1. The normalized spacial score (nSPS) is 17.2. The van der Waals surface area contributed by atoms with Crippen molar-refractivity contribution in [3.63, 3.8) is 0 Å². The maximum absolute atomic E-state index is 13.1. The molecule has 1 aromatic rings. The molecule has 1 aromatic carbocycles. The number of likely N-dealkylation sites (tertiary alicyclic amines) is 1. The molecule has 0 aromatic heterocycles. The minimum absolute atomic E-state index is 0.0565. The Balaban J connectivity index is 2.13. The zero-order valence-corrected chi connectivity index (χ0v) is 18.0. The number of benzene rings is 1. The van der Waals surface area contributed by atoms with E-state index in [4.69, 9.17) is 4.74 Å². The summed E-state index contributed by atoms with van der Waals surface area (Å²) in [5.74, 6) is 0.954. The molecule has 1 aliphatic heterocycles. The molecule has 0 radical (unpaired) electrons. The lowest BCUT2D eigenvalue weighted by molar-refractivity contribution is -0.130. The summed E-state index contributed by atoms with van der Waals surface area (Å²) in [7, 11) is 3.39. The second kappa shape index (κ2) is 10.3. The van der Waals surface area contributed by atoms with E-state index in [-0.39, 0.29) is 24.6 Å². The van der Waals surface area contributed by atoms with E-state index < -0.39 is 0 Å². The van der Waals surface area contributed by atoms with Gasteiger partial charge in [-0.25, -0.2) is 4.79 Å². The van der Waals surface area contributed by atoms with E-state index in [0.717, 1.165) is 31.4 Å². The van der Waals surface area contributed by atoms with E-state index >= 15 is 0 Å². The van der Waals surface area contributed by atoms with E-state index in [0.29, 0.717) is 17.4 Å². The van der Waals surface area contributed by atoms with Gasteiger partial charge in [-0.3, -0.25) is 4.79 Å². The van der Waals surface area contributed by atoms with Crippen molar-refractivity contribution in [1.29, 1.82) is 0 Å². The van der Waals surface area contributed by atoms with E-state index in [2.05, 4.69) is 19.2 Å². The van der Waals surface area contributed by atoms with Crippen molar-refractivity contribution in [2.24, 2.45) is 5.92 Å². The van der Waals surface area contributed by atoms with E-state index in [1.165, 1.54) is 17.7 Å². The summed E-state index contributed by atoms with van der Waals surface area (Å²) in [6, 6.07) is 5.82. The summed E-state index contributed by atoms with van der Waals surface area (Å²) in [6.45, 7) is 7.09. The van der Waals surface area contributed by atoms with Crippen LogP contribution in [-0.4, -0.2) is 55.0 Å². The van der Waals surface area contributed by atoms with Gasteiger partial charge in [0.15, 0.2) is 6.61 Å². The third-order valence-electron chi connectivity index (χ3n) is 5.11. The molecule has 1 N–H and O–H groups in total. The Hall–Kier alpha value is -2.24. The lowest BCUT2D eigenvalue weighted by Crippen LogP contribution is -2.43. The van der Waals surface area contributed by atoms with Crippen LogP contribution in [0.1, 0.15) is 51.5 Å². The predicted molar refractivity (Wildman–Crippen MR) is 113 cm³/mol. The fourth-order valence-corrected chi connectivity index (χ4v) is 3.54. The molecule has 28 heavy (non-hydrogen) atoms. The number of urea groups is 1. The number of rotatable bonds is 6. The fourth-order valence-electron chi connectivity index (χ4n) is 3.54. The minimum Gasteiger partial charge on any atom is -0.482 e. The van der Waals surface area contributed by atoms with Crippen LogP contribution in [0.2, 0.25) is 0 Å². The Kier molecular flexibility index (Phi) is 8.15. The summed E-state index contributed by atoms with van der Waals surface area (Å²) in [5, 5.41) is 3.03. The Morgan fingerprint density at radius 1 is 1.25 bits per heavy atom. The Labute approximate surface area is 169 Å². The summed E-state index contributed by atoms with van der Waals surface area (Å²) in [4.78, 5) is 28.4. The molecule has 1 unspecified atom stereocenters. The Morgan fingerprint density at radius 3 is 2.68 bits per heavy atom. The maximum Gasteiger partial charge on any atom is 0.322 e. The van der Waals surface area contributed by atoms with Gasteiger partial charge in [0.1, 0.15) is 5.75 Å². The summed E-state index contributed by atoms with van der Waals surface area (Å²) in [5.41, 5.74) is 1.62. The van der Waals surface area contributed by atoms with Gasteiger partial charge in [0.2, 0.25) is 0 Å². The van der Waals surface area contributed by atoms with E-state index in [1.807, 2.05) is 30.0 Å². The maximum atomic E-state index is 13.1. The number of carbonyl (C=O) groups excluding carboxylic acids is 2. The van der Waals surface area contributed by atoms with Crippen LogP contribution in [0.5, 0.6) is 5.75 Å². The van der Waals surface area contributed by atoms with Gasteiger partial charge in [0, 0.05) is 26.7 Å². The molecular formula is C22H35N3O3. The number of carbonyl (C=O) groups is 2. The highest BCUT2D eigenvalue weighted by Crippen LogP contribution is 2.28. The van der Waals surface area contributed by atoms with Gasteiger partial charge in [0.25, 0.3) is 5.91 Å². The van der Waals surface area contributed by atoms with Crippen LogP contribution in [0.15, 0.2) is 18.2 Å². The number of nitrogens with zero attached hydrogens (tertiary/aromatic N) is 2. The molecule has 1 atom stereocenters. The van der Waals surface area contributed by atoms with Crippen molar-refractivity contribution in [3.8, 4) is 5.75 Å². The standard InChI is InChI=1S/C22H35N3O3/c1-16(2)13-18-9-7-6-8-12-25(18)22(27)23-19-11-10-17(3)14-20(19)28-15-21(26)24(4)5/h10-11,14,16,18H,6-9,12-13,15H2,1-5H3,(H,23,27). The molecule has 0 spiro atoms. The summed E-state index contributed by atoms with van der Waals surface area (Å²) in [6.07, 6.45) is 5.45. The lowest BCUT2D eigenvalue weighted by Gasteiger charge is -2.31. The van der Waals surface area contributed by atoms with Crippen molar-refractivity contribution >= 4 is 17.6 Å². The SMILES string of the molecule is Cc1ccc(NC(=O)N2CCCCCC2CC(C)C)c(OCC(=O)N(C)C)c1. The first-order valence-electron chi connectivity index (χ1n) is 10.3. The number of amides is 3. The molecule has 6 heteroatoms. The highest BCUT2D eigenvalue weighted by molar-refractivity contribution is 5.91. The molecule has 0 saturated carbocycles. The number of hydrogen-bond acceptors (Lipinski definition) is 3. The van der Waals surface area contributed by atoms with Crippen molar-refractivity contribution in [2.75, 3.05) is 32.6 Å². The third kappa shape index (κ3) is 6.43. The Bertz CT molecular complexity index is 673. The van der Waals surface area contributed by atoms with E-state index in [9.17, 15) is 9.59 Å². The van der Waals surface area contributed by atoms with Gasteiger partial charge in [-0.15, -0.1) is 0 Å². The van der Waals surface area contributed by atoms with Crippen molar-refractivity contribution in [3.05, 3.63) is 23.8 Å². The number of nitrogens with one attached hydrogen (secondary N) is 1. The summed E-state index contributed by atoms with van der Waals surface area (Å²) >= 11 is 0. The zero-order valence-electron chi connectivity index (χ0n) is 18.0. The van der Waals surface area contributed by atoms with Crippen LogP contribution in [0, 0.1) is 12.8 Å². The van der Waals surface area contributed by atoms with Gasteiger partial charge in [-0.1, -0.05) is 32.8 Å². The molecule has 1 heterocycles. The fraction of sp³-hybridized carbons (Fsp3) is 0.636. The number of likely N-dealkylation sites (N-methyl/N-ethyl adjacent to an activating group) is 1. The quantitative estimate of drug-likeness (QED) is 0.790. The second-order valence-corrected chi connectivity index (χ2v) is 8.33. The molecule has 1 aliphatic rings. The molecule has 1 saturated heterocycles. The smallest absolute Gasteiger partial charge is 0.322 e. The number of aryl methyl sites for hydroxylation is 1. The van der Waals surface area contributed by atoms with Crippen LogP contribution in [0.3, 0.4) is 0 Å². The molecule has 1 fully saturated rings. The number of ether oxygens (including phenoxy) is 1. The average Bonchev–Trinajstić information content (AvgIpc) is 2.86. The average molecular weight is 390 g/mol. The van der Waals surface area contributed by atoms with Crippen molar-refractivity contribution < 1.29 is 14.3 Å². The zero-order chi connectivity index (χ0) is 20.7. The summed E-state index contributed by atoms with van der Waals surface area (Å²) < 4.78 is 5.72. The Morgan fingerprint density at radius 2 is 2.00 bits per heavy atom. The highest BCUT2D eigenvalue weighted by atomic mass is 16.5. The first-order valence-corrected chi connectivity index (χ1v) is 10.3. The molecule has 3 amide bonds. The largest absolute Gasteiger partial charge is 0.482 e. The predicted octanol–water partition coefficient (Wildman–Crippen LogP) is 4.28. The first kappa shape index (κ1) is 22.1. The lowest BCUT2D eigenvalue weighted by atomic mass is 9.99. The second-order valence-electron chi connectivity index (χ2n) is 8.33. The molecule has 6 nitrogen and oxygen atoms in total. The van der Waals surface area contributed by atoms with Crippen LogP contribution in [0.4, 0.5) is 10.5 Å². The van der Waals surface area contributed by atoms with Crippen LogP contribution in [-0.2, 0) is 4.79 Å². The minimum atomic E-state index is -0.122.